The standard InChI is InChI=1S/C19H22FN5O/c20-16-10-14(26-9-8-13-4-2-1-3-5-13)6-7-17(16)24-18-15-11-23-25-19(15)22-12-21-18/h1-5,11-12,14,16-17H,6-10H2,(H2,21,22,23,24,25)/t14-,16?,17-/m0/s1. The highest BCUT2D eigenvalue weighted by Gasteiger charge is 2.31. The van der Waals surface area contributed by atoms with E-state index in [2.05, 4.69) is 37.6 Å². The highest BCUT2D eigenvalue weighted by molar-refractivity contribution is 5.85. The fourth-order valence-electron chi connectivity index (χ4n) is 3.44. The van der Waals surface area contributed by atoms with Crippen molar-refractivity contribution in [3.8, 4) is 0 Å². The Hall–Kier alpha value is -2.54. The molecule has 4 rings (SSSR count). The van der Waals surface area contributed by atoms with Crippen LogP contribution in [0, 0.1) is 0 Å². The van der Waals surface area contributed by atoms with Crippen LogP contribution in [0.3, 0.4) is 0 Å². The largest absolute Gasteiger partial charge is 0.378 e. The number of halogens is 1. The summed E-state index contributed by atoms with van der Waals surface area (Å²) in [5, 5.41) is 10.8. The number of ether oxygens (including phenoxy) is 1. The summed E-state index contributed by atoms with van der Waals surface area (Å²) in [6.45, 7) is 0.626. The van der Waals surface area contributed by atoms with Crippen molar-refractivity contribution in [1.82, 2.24) is 20.2 Å². The predicted molar refractivity (Wildman–Crippen MR) is 97.7 cm³/mol. The number of aromatic amines is 1. The van der Waals surface area contributed by atoms with Crippen molar-refractivity contribution in [2.75, 3.05) is 11.9 Å². The molecule has 1 fully saturated rings. The summed E-state index contributed by atoms with van der Waals surface area (Å²) in [5.74, 6) is 0.625. The number of rotatable bonds is 6. The number of hydrogen-bond acceptors (Lipinski definition) is 5. The molecule has 1 saturated carbocycles. The first-order chi connectivity index (χ1) is 12.8. The van der Waals surface area contributed by atoms with Crippen molar-refractivity contribution in [2.45, 2.75) is 44.0 Å². The topological polar surface area (TPSA) is 75.7 Å². The van der Waals surface area contributed by atoms with Crippen LogP contribution in [0.5, 0.6) is 0 Å². The van der Waals surface area contributed by atoms with Gasteiger partial charge in [-0.05, 0) is 24.8 Å². The summed E-state index contributed by atoms with van der Waals surface area (Å²) in [7, 11) is 0. The van der Waals surface area contributed by atoms with Crippen LogP contribution in [0.1, 0.15) is 24.8 Å². The number of hydrogen-bond donors (Lipinski definition) is 2. The Morgan fingerprint density at radius 2 is 2.08 bits per heavy atom. The average molecular weight is 355 g/mol. The number of benzene rings is 1. The predicted octanol–water partition coefficient (Wildman–Crippen LogP) is 3.28. The van der Waals surface area contributed by atoms with E-state index in [1.807, 2.05) is 18.2 Å². The summed E-state index contributed by atoms with van der Waals surface area (Å²) in [6, 6.07) is 9.95. The number of anilines is 1. The maximum atomic E-state index is 14.7. The molecule has 3 atom stereocenters. The van der Waals surface area contributed by atoms with Crippen LogP contribution >= 0.6 is 0 Å². The summed E-state index contributed by atoms with van der Waals surface area (Å²) >= 11 is 0. The molecule has 1 aliphatic carbocycles. The first kappa shape index (κ1) is 16.9. The lowest BCUT2D eigenvalue weighted by Gasteiger charge is -2.32. The minimum absolute atomic E-state index is 0.0221. The molecule has 7 heteroatoms. The van der Waals surface area contributed by atoms with Crippen LogP contribution in [0.25, 0.3) is 11.0 Å². The molecule has 0 aliphatic heterocycles. The molecule has 1 unspecified atom stereocenters. The van der Waals surface area contributed by atoms with E-state index in [-0.39, 0.29) is 12.1 Å². The molecule has 136 valence electrons. The second-order valence-corrected chi connectivity index (χ2v) is 6.66. The van der Waals surface area contributed by atoms with E-state index < -0.39 is 6.17 Å². The summed E-state index contributed by atoms with van der Waals surface area (Å²) in [4.78, 5) is 8.33. The van der Waals surface area contributed by atoms with Crippen LogP contribution in [-0.4, -0.2) is 45.1 Å². The van der Waals surface area contributed by atoms with E-state index >= 15 is 0 Å². The number of H-pyrrole nitrogens is 1. The summed E-state index contributed by atoms with van der Waals surface area (Å²) in [5.41, 5.74) is 1.89. The van der Waals surface area contributed by atoms with Gasteiger partial charge in [0.25, 0.3) is 0 Å². The molecule has 0 spiro atoms. The first-order valence-corrected chi connectivity index (χ1v) is 9.00. The fourth-order valence-corrected chi connectivity index (χ4v) is 3.44. The minimum Gasteiger partial charge on any atom is -0.378 e. The monoisotopic (exact) mass is 355 g/mol. The van der Waals surface area contributed by atoms with Gasteiger partial charge in [-0.1, -0.05) is 30.3 Å². The normalized spacial score (nSPS) is 23.2. The van der Waals surface area contributed by atoms with Gasteiger partial charge in [0.15, 0.2) is 5.65 Å². The zero-order valence-electron chi connectivity index (χ0n) is 14.4. The number of nitrogens with one attached hydrogen (secondary N) is 2. The zero-order chi connectivity index (χ0) is 17.8. The molecule has 2 heterocycles. The van der Waals surface area contributed by atoms with Crippen molar-refractivity contribution in [2.24, 2.45) is 0 Å². The van der Waals surface area contributed by atoms with E-state index in [9.17, 15) is 4.39 Å². The Morgan fingerprint density at radius 3 is 2.92 bits per heavy atom. The molecule has 2 N–H and O–H groups in total. The van der Waals surface area contributed by atoms with Crippen LogP contribution in [-0.2, 0) is 11.2 Å². The van der Waals surface area contributed by atoms with Gasteiger partial charge in [0, 0.05) is 6.42 Å². The SMILES string of the molecule is FC1C[C@@H](OCCc2ccccc2)CC[C@@H]1Nc1ncnc2[nH]ncc12. The second kappa shape index (κ2) is 7.78. The second-order valence-electron chi connectivity index (χ2n) is 6.66. The van der Waals surface area contributed by atoms with E-state index in [1.54, 1.807) is 6.20 Å². The van der Waals surface area contributed by atoms with Gasteiger partial charge in [0.1, 0.15) is 18.3 Å². The highest BCUT2D eigenvalue weighted by atomic mass is 19.1. The zero-order valence-corrected chi connectivity index (χ0v) is 14.4. The third kappa shape index (κ3) is 3.83. The van der Waals surface area contributed by atoms with E-state index in [0.717, 1.165) is 18.2 Å². The first-order valence-electron chi connectivity index (χ1n) is 9.00. The van der Waals surface area contributed by atoms with Gasteiger partial charge in [0.05, 0.1) is 30.3 Å². The molecule has 0 radical (unpaired) electrons. The number of nitrogens with zero attached hydrogens (tertiary/aromatic N) is 3. The van der Waals surface area contributed by atoms with Gasteiger partial charge >= 0.3 is 0 Å². The Bertz CT molecular complexity index is 840. The van der Waals surface area contributed by atoms with Gasteiger partial charge in [0.2, 0.25) is 0 Å². The van der Waals surface area contributed by atoms with Gasteiger partial charge in [-0.15, -0.1) is 0 Å². The molecule has 26 heavy (non-hydrogen) atoms. The van der Waals surface area contributed by atoms with Crippen LogP contribution in [0.15, 0.2) is 42.9 Å². The molecular formula is C19H22FN5O. The van der Waals surface area contributed by atoms with Crippen molar-refractivity contribution in [1.29, 1.82) is 0 Å². The van der Waals surface area contributed by atoms with E-state index in [1.165, 1.54) is 11.9 Å². The number of alkyl halides is 1. The Kier molecular flexibility index (Phi) is 5.06. The van der Waals surface area contributed by atoms with Crippen LogP contribution in [0.2, 0.25) is 0 Å². The Morgan fingerprint density at radius 1 is 1.19 bits per heavy atom. The molecular weight excluding hydrogens is 333 g/mol. The third-order valence-corrected chi connectivity index (χ3v) is 4.88. The van der Waals surface area contributed by atoms with Gasteiger partial charge in [-0.2, -0.15) is 5.10 Å². The third-order valence-electron chi connectivity index (χ3n) is 4.88. The van der Waals surface area contributed by atoms with Gasteiger partial charge in [-0.3, -0.25) is 5.10 Å². The van der Waals surface area contributed by atoms with Crippen molar-refractivity contribution in [3.05, 3.63) is 48.4 Å². The van der Waals surface area contributed by atoms with Crippen LogP contribution < -0.4 is 5.32 Å². The van der Waals surface area contributed by atoms with Crippen molar-refractivity contribution in [3.63, 3.8) is 0 Å². The van der Waals surface area contributed by atoms with Crippen molar-refractivity contribution < 1.29 is 9.13 Å². The Labute approximate surface area is 151 Å². The lowest BCUT2D eigenvalue weighted by atomic mass is 9.91. The molecule has 6 nitrogen and oxygen atoms in total. The fraction of sp³-hybridized carbons (Fsp3) is 0.421. The molecule has 0 amide bonds. The maximum Gasteiger partial charge on any atom is 0.160 e. The van der Waals surface area contributed by atoms with Crippen molar-refractivity contribution >= 4 is 16.9 Å². The lowest BCUT2D eigenvalue weighted by molar-refractivity contribution is 0.00416. The molecule has 0 bridgehead atoms. The van der Waals surface area contributed by atoms with E-state index in [4.69, 9.17) is 4.74 Å². The van der Waals surface area contributed by atoms with Gasteiger partial charge in [-0.25, -0.2) is 14.4 Å². The highest BCUT2D eigenvalue weighted by Crippen LogP contribution is 2.28. The minimum atomic E-state index is -0.970. The molecule has 1 aromatic carbocycles. The molecule has 1 aliphatic rings. The molecule has 0 saturated heterocycles. The average Bonchev–Trinajstić information content (AvgIpc) is 3.14. The van der Waals surface area contributed by atoms with Crippen LogP contribution in [0.4, 0.5) is 10.2 Å². The van der Waals surface area contributed by atoms with Gasteiger partial charge < -0.3 is 10.1 Å². The number of fused-ring (bicyclic) bond motifs is 1. The lowest BCUT2D eigenvalue weighted by Crippen LogP contribution is -2.40. The smallest absolute Gasteiger partial charge is 0.160 e. The molecule has 3 aromatic rings. The Balaban J connectivity index is 1.29. The quantitative estimate of drug-likeness (QED) is 0.710. The summed E-state index contributed by atoms with van der Waals surface area (Å²) in [6.07, 6.45) is 4.93. The number of aromatic nitrogens is 4. The van der Waals surface area contributed by atoms with E-state index in [0.29, 0.717) is 30.9 Å². The summed E-state index contributed by atoms with van der Waals surface area (Å²) < 4.78 is 20.6. The molecule has 2 aromatic heterocycles. The maximum absolute atomic E-state index is 14.7.